The fourth-order valence-corrected chi connectivity index (χ4v) is 5.20. The molecule has 3 N–H and O–H groups in total. The molecule has 1 aliphatic rings. The molecule has 0 unspecified atom stereocenters. The van der Waals surface area contributed by atoms with Crippen LogP contribution in [0.5, 0.6) is 0 Å². The number of rotatable bonds is 11. The minimum absolute atomic E-state index is 0.117. The van der Waals surface area contributed by atoms with E-state index in [9.17, 15) is 19.3 Å². The third-order valence-electron chi connectivity index (χ3n) is 5.55. The molecule has 1 fully saturated rings. The van der Waals surface area contributed by atoms with Gasteiger partial charge in [0.1, 0.15) is 11.6 Å². The lowest BCUT2D eigenvalue weighted by Crippen LogP contribution is -2.54. The normalized spacial score (nSPS) is 18.7. The Hall–Kier alpha value is -1.15. The molecular formula is C22H43N2O7P. The molecule has 10 heteroatoms. The highest BCUT2D eigenvalue weighted by atomic mass is 31.2. The second-order valence-corrected chi connectivity index (χ2v) is 12.3. The van der Waals surface area contributed by atoms with Gasteiger partial charge >= 0.3 is 13.7 Å². The Morgan fingerprint density at radius 3 is 2.09 bits per heavy atom. The molecule has 0 aromatic rings. The van der Waals surface area contributed by atoms with Gasteiger partial charge in [-0.15, -0.1) is 0 Å². The van der Waals surface area contributed by atoms with Crippen LogP contribution in [0.25, 0.3) is 0 Å². The molecule has 3 atom stereocenters. The quantitative estimate of drug-likeness (QED) is 0.381. The van der Waals surface area contributed by atoms with Crippen molar-refractivity contribution in [3.8, 4) is 0 Å². The number of aliphatic hydroxyl groups excluding tert-OH is 1. The maximum absolute atomic E-state index is 13.2. The van der Waals surface area contributed by atoms with Gasteiger partial charge in [-0.3, -0.25) is 9.36 Å². The molecule has 0 spiro atoms. The van der Waals surface area contributed by atoms with Gasteiger partial charge in [0.2, 0.25) is 5.91 Å². The van der Waals surface area contributed by atoms with Gasteiger partial charge in [0, 0.05) is 14.2 Å². The Labute approximate surface area is 192 Å². The van der Waals surface area contributed by atoms with E-state index in [1.165, 1.54) is 20.6 Å². The van der Waals surface area contributed by atoms with E-state index in [4.69, 9.17) is 13.8 Å². The van der Waals surface area contributed by atoms with Crippen molar-refractivity contribution in [2.75, 3.05) is 14.2 Å². The Morgan fingerprint density at radius 2 is 1.62 bits per heavy atom. The molecule has 1 rings (SSSR count). The van der Waals surface area contributed by atoms with E-state index in [-0.39, 0.29) is 11.8 Å². The molecule has 9 nitrogen and oxygen atoms in total. The molecule has 2 amide bonds. The maximum atomic E-state index is 13.2. The molecule has 0 aromatic carbocycles. The van der Waals surface area contributed by atoms with Crippen LogP contribution in [0.2, 0.25) is 0 Å². The monoisotopic (exact) mass is 478 g/mol. The number of ether oxygens (including phenoxy) is 1. The fraction of sp³-hybridized carbons (Fsp3) is 0.909. The van der Waals surface area contributed by atoms with Crippen molar-refractivity contribution in [1.82, 2.24) is 10.6 Å². The lowest BCUT2D eigenvalue weighted by atomic mass is 9.85. The molecule has 0 bridgehead atoms. The van der Waals surface area contributed by atoms with Crippen LogP contribution in [-0.2, 0) is 23.1 Å². The molecule has 1 aliphatic carbocycles. The predicted octanol–water partition coefficient (Wildman–Crippen LogP) is 4.19. The fourth-order valence-electron chi connectivity index (χ4n) is 3.98. The molecule has 32 heavy (non-hydrogen) atoms. The summed E-state index contributed by atoms with van der Waals surface area (Å²) in [5.74, 6) is -1.59. The van der Waals surface area contributed by atoms with E-state index in [0.717, 1.165) is 25.7 Å². The summed E-state index contributed by atoms with van der Waals surface area (Å²) < 4.78 is 28.1. The molecule has 188 valence electrons. The first-order chi connectivity index (χ1) is 14.8. The molecule has 0 aliphatic heterocycles. The zero-order valence-electron chi connectivity index (χ0n) is 20.7. The average Bonchev–Trinajstić information content (AvgIpc) is 2.70. The van der Waals surface area contributed by atoms with Gasteiger partial charge in [0.25, 0.3) is 0 Å². The van der Waals surface area contributed by atoms with Gasteiger partial charge in [-0.25, -0.2) is 4.79 Å². The van der Waals surface area contributed by atoms with Gasteiger partial charge < -0.3 is 29.5 Å². The van der Waals surface area contributed by atoms with Crippen LogP contribution in [0, 0.1) is 11.8 Å². The number of carbonyl (C=O) groups excluding carboxylic acids is 2. The minimum Gasteiger partial charge on any atom is -0.444 e. The van der Waals surface area contributed by atoms with E-state index in [1.54, 1.807) is 20.8 Å². The van der Waals surface area contributed by atoms with Crippen molar-refractivity contribution in [2.45, 2.75) is 103 Å². The van der Waals surface area contributed by atoms with Gasteiger partial charge in [0.05, 0.1) is 6.04 Å². The van der Waals surface area contributed by atoms with E-state index in [1.807, 2.05) is 13.8 Å². The second-order valence-electron chi connectivity index (χ2n) is 10.0. The summed E-state index contributed by atoms with van der Waals surface area (Å²) in [7, 11) is -1.42. The van der Waals surface area contributed by atoms with Gasteiger partial charge in [-0.05, 0) is 45.4 Å². The predicted molar refractivity (Wildman–Crippen MR) is 123 cm³/mol. The summed E-state index contributed by atoms with van der Waals surface area (Å²) >= 11 is 0. The lowest BCUT2D eigenvalue weighted by Gasteiger charge is -2.33. The number of alkyl carbamates (subject to hydrolysis) is 1. The largest absolute Gasteiger partial charge is 0.444 e. The smallest absolute Gasteiger partial charge is 0.408 e. The molecule has 0 radical (unpaired) electrons. The number of hydrogen-bond donors (Lipinski definition) is 3. The summed E-state index contributed by atoms with van der Waals surface area (Å²) in [5, 5.41) is 16.3. The highest BCUT2D eigenvalue weighted by Crippen LogP contribution is 2.52. The molecule has 0 heterocycles. The van der Waals surface area contributed by atoms with Crippen LogP contribution in [-0.4, -0.2) is 54.9 Å². The van der Waals surface area contributed by atoms with Gasteiger partial charge in [-0.1, -0.05) is 46.0 Å². The van der Waals surface area contributed by atoms with Crippen molar-refractivity contribution in [2.24, 2.45) is 11.8 Å². The SMILES string of the molecule is COP(=O)(OC)[C@H](O)[C@H](CC1CCCCC1)NC(=O)[C@H](CC(C)C)NC(=O)OC(C)(C)C. The number of amides is 2. The summed E-state index contributed by atoms with van der Waals surface area (Å²) in [5.41, 5.74) is -0.702. The Kier molecular flexibility index (Phi) is 11.7. The standard InChI is InChI=1S/C22H43N2O7P/c1-15(2)13-17(24-21(27)31-22(3,4)5)19(25)23-18(14-16-11-9-8-10-12-16)20(26)32(28,29-6)30-7/h15-18,20,26H,8-14H2,1-7H3,(H,23,25)(H,24,27)/t17-,18-,20-/m0/s1. The van der Waals surface area contributed by atoms with Crippen LogP contribution in [0.3, 0.4) is 0 Å². The molecular weight excluding hydrogens is 435 g/mol. The van der Waals surface area contributed by atoms with Crippen molar-refractivity contribution >= 4 is 19.6 Å². The second kappa shape index (κ2) is 12.9. The van der Waals surface area contributed by atoms with Crippen molar-refractivity contribution in [3.05, 3.63) is 0 Å². The van der Waals surface area contributed by atoms with E-state index in [0.29, 0.717) is 12.8 Å². The Bertz CT molecular complexity index is 637. The molecule has 0 saturated heterocycles. The van der Waals surface area contributed by atoms with E-state index >= 15 is 0 Å². The summed E-state index contributed by atoms with van der Waals surface area (Å²) in [6.45, 7) is 9.11. The Morgan fingerprint density at radius 1 is 1.06 bits per heavy atom. The zero-order valence-corrected chi connectivity index (χ0v) is 21.6. The van der Waals surface area contributed by atoms with Gasteiger partial charge in [0.15, 0.2) is 5.85 Å². The first kappa shape index (κ1) is 28.9. The topological polar surface area (TPSA) is 123 Å². The number of aliphatic hydroxyl groups is 1. The van der Waals surface area contributed by atoms with E-state index in [2.05, 4.69) is 10.6 Å². The van der Waals surface area contributed by atoms with Crippen molar-refractivity contribution in [1.29, 1.82) is 0 Å². The third kappa shape index (κ3) is 9.77. The van der Waals surface area contributed by atoms with Crippen LogP contribution < -0.4 is 10.6 Å². The summed E-state index contributed by atoms with van der Waals surface area (Å²) in [6, 6.07) is -1.71. The maximum Gasteiger partial charge on any atom is 0.408 e. The van der Waals surface area contributed by atoms with E-state index < -0.39 is 43.1 Å². The lowest BCUT2D eigenvalue weighted by molar-refractivity contribution is -0.125. The van der Waals surface area contributed by atoms with Crippen LogP contribution in [0.4, 0.5) is 4.79 Å². The van der Waals surface area contributed by atoms with Crippen LogP contribution in [0.1, 0.15) is 79.6 Å². The first-order valence-electron chi connectivity index (χ1n) is 11.5. The first-order valence-corrected chi connectivity index (χ1v) is 13.1. The molecule has 0 aromatic heterocycles. The van der Waals surface area contributed by atoms with Crippen LogP contribution >= 0.6 is 7.60 Å². The minimum atomic E-state index is -3.84. The number of nitrogens with one attached hydrogen (secondary N) is 2. The van der Waals surface area contributed by atoms with Crippen molar-refractivity contribution in [3.63, 3.8) is 0 Å². The number of hydrogen-bond acceptors (Lipinski definition) is 7. The third-order valence-corrected chi connectivity index (χ3v) is 7.57. The number of carbonyl (C=O) groups is 2. The highest BCUT2D eigenvalue weighted by Gasteiger charge is 2.41. The zero-order chi connectivity index (χ0) is 24.5. The van der Waals surface area contributed by atoms with Gasteiger partial charge in [-0.2, -0.15) is 0 Å². The highest BCUT2D eigenvalue weighted by molar-refractivity contribution is 7.54. The van der Waals surface area contributed by atoms with Crippen molar-refractivity contribution < 1.29 is 33.0 Å². The Balaban J connectivity index is 3.03. The average molecular weight is 479 g/mol. The molecule has 1 saturated carbocycles. The summed E-state index contributed by atoms with van der Waals surface area (Å²) in [6.07, 6.45) is 5.44. The van der Waals surface area contributed by atoms with Crippen LogP contribution in [0.15, 0.2) is 0 Å². The summed E-state index contributed by atoms with van der Waals surface area (Å²) in [4.78, 5) is 25.5.